The molecule has 1 aliphatic carbocycles. The topological polar surface area (TPSA) is 86.4 Å². The summed E-state index contributed by atoms with van der Waals surface area (Å²) in [5, 5.41) is 0. The van der Waals surface area contributed by atoms with Gasteiger partial charge in [-0.1, -0.05) is 0 Å². The number of nitrogens with one attached hydrogen (secondary N) is 1. The molecule has 2 aliphatic rings. The Morgan fingerprint density at radius 3 is 3.00 bits per heavy atom. The Morgan fingerprint density at radius 2 is 2.32 bits per heavy atom. The van der Waals surface area contributed by atoms with Crippen LogP contribution in [0.3, 0.4) is 0 Å². The van der Waals surface area contributed by atoms with Gasteiger partial charge in [-0.2, -0.15) is 0 Å². The molecular formula is C12H19N3O3S. The van der Waals surface area contributed by atoms with E-state index in [1.54, 1.807) is 30.1 Å². The van der Waals surface area contributed by atoms with Crippen molar-refractivity contribution in [3.63, 3.8) is 0 Å². The van der Waals surface area contributed by atoms with E-state index in [0.29, 0.717) is 6.61 Å². The standard InChI is InChI=1S/C12H19N3O3S/c1-15-5-4-8(7-15)19(16,17)14-11-10(13)9-3-2-6-18-12(9)11/h4-5,7,9-12,14H,2-3,6,13H2,1H3. The third-order valence-electron chi connectivity index (χ3n) is 4.08. The minimum Gasteiger partial charge on any atom is -0.376 e. The van der Waals surface area contributed by atoms with Crippen molar-refractivity contribution in [3.8, 4) is 0 Å². The maximum absolute atomic E-state index is 12.2. The molecule has 7 heteroatoms. The highest BCUT2D eigenvalue weighted by molar-refractivity contribution is 7.89. The van der Waals surface area contributed by atoms with E-state index in [2.05, 4.69) is 4.72 Å². The lowest BCUT2D eigenvalue weighted by atomic mass is 9.69. The summed E-state index contributed by atoms with van der Waals surface area (Å²) in [6, 6.07) is 1.12. The van der Waals surface area contributed by atoms with Gasteiger partial charge in [0.1, 0.15) is 0 Å². The molecule has 1 saturated carbocycles. The predicted molar refractivity (Wildman–Crippen MR) is 70.0 cm³/mol. The fourth-order valence-corrected chi connectivity index (χ4v) is 4.31. The summed E-state index contributed by atoms with van der Waals surface area (Å²) in [5.74, 6) is 0.289. The zero-order chi connectivity index (χ0) is 13.6. The third-order valence-corrected chi connectivity index (χ3v) is 5.53. The van der Waals surface area contributed by atoms with Gasteiger partial charge in [-0.05, 0) is 18.9 Å². The first-order valence-corrected chi connectivity index (χ1v) is 7.99. The van der Waals surface area contributed by atoms with Gasteiger partial charge in [0.05, 0.1) is 17.0 Å². The molecule has 6 nitrogen and oxygen atoms in total. The van der Waals surface area contributed by atoms with Crippen LogP contribution in [0.5, 0.6) is 0 Å². The van der Waals surface area contributed by atoms with E-state index < -0.39 is 10.0 Å². The van der Waals surface area contributed by atoms with E-state index in [-0.39, 0.29) is 29.0 Å². The zero-order valence-electron chi connectivity index (χ0n) is 10.8. The normalized spacial score (nSPS) is 34.6. The van der Waals surface area contributed by atoms with Crippen LogP contribution in [-0.4, -0.2) is 37.8 Å². The molecule has 1 aromatic heterocycles. The third kappa shape index (κ3) is 2.20. The van der Waals surface area contributed by atoms with Crippen molar-refractivity contribution < 1.29 is 13.2 Å². The lowest BCUT2D eigenvalue weighted by Gasteiger charge is -2.52. The average Bonchev–Trinajstić information content (AvgIpc) is 2.83. The highest BCUT2D eigenvalue weighted by Crippen LogP contribution is 2.37. The van der Waals surface area contributed by atoms with E-state index in [1.807, 2.05) is 0 Å². The fourth-order valence-electron chi connectivity index (χ4n) is 2.98. The summed E-state index contributed by atoms with van der Waals surface area (Å²) < 4.78 is 34.5. The van der Waals surface area contributed by atoms with E-state index in [4.69, 9.17) is 10.5 Å². The number of sulfonamides is 1. The van der Waals surface area contributed by atoms with E-state index in [1.165, 1.54) is 0 Å². The van der Waals surface area contributed by atoms with Crippen molar-refractivity contribution >= 4 is 10.0 Å². The molecule has 0 aromatic carbocycles. The van der Waals surface area contributed by atoms with Crippen molar-refractivity contribution in [1.82, 2.24) is 9.29 Å². The number of nitrogens with two attached hydrogens (primary N) is 1. The van der Waals surface area contributed by atoms with Crippen LogP contribution in [0, 0.1) is 5.92 Å². The molecule has 19 heavy (non-hydrogen) atoms. The molecule has 2 heterocycles. The van der Waals surface area contributed by atoms with Gasteiger partial charge in [0, 0.05) is 38.0 Å². The molecule has 0 amide bonds. The molecule has 2 fully saturated rings. The van der Waals surface area contributed by atoms with Crippen LogP contribution in [0.1, 0.15) is 12.8 Å². The Labute approximate surface area is 113 Å². The van der Waals surface area contributed by atoms with Crippen molar-refractivity contribution in [2.45, 2.75) is 35.9 Å². The summed E-state index contributed by atoms with van der Waals surface area (Å²) in [6.07, 6.45) is 5.24. The molecular weight excluding hydrogens is 266 g/mol. The first-order chi connectivity index (χ1) is 8.99. The quantitative estimate of drug-likeness (QED) is 0.806. The molecule has 1 saturated heterocycles. The first-order valence-electron chi connectivity index (χ1n) is 6.50. The number of aromatic nitrogens is 1. The SMILES string of the molecule is Cn1ccc(S(=O)(=O)NC2C(N)C3CCCOC32)c1. The number of aryl methyl sites for hydroxylation is 1. The first kappa shape index (κ1) is 13.1. The number of ether oxygens (including phenoxy) is 1. The Kier molecular flexibility index (Phi) is 3.17. The Balaban J connectivity index is 1.74. The Morgan fingerprint density at radius 1 is 1.53 bits per heavy atom. The molecule has 0 radical (unpaired) electrons. The van der Waals surface area contributed by atoms with Gasteiger partial charge in [-0.15, -0.1) is 0 Å². The molecule has 0 bridgehead atoms. The van der Waals surface area contributed by atoms with Gasteiger partial charge in [0.2, 0.25) is 10.0 Å². The van der Waals surface area contributed by atoms with Crippen LogP contribution in [0.25, 0.3) is 0 Å². The number of hydrogen-bond donors (Lipinski definition) is 2. The van der Waals surface area contributed by atoms with Gasteiger partial charge in [-0.25, -0.2) is 13.1 Å². The second-order valence-electron chi connectivity index (χ2n) is 5.38. The average molecular weight is 285 g/mol. The lowest BCUT2D eigenvalue weighted by molar-refractivity contribution is -0.114. The Bertz CT molecular complexity index is 569. The van der Waals surface area contributed by atoms with Crippen LogP contribution in [-0.2, 0) is 21.8 Å². The molecule has 3 rings (SSSR count). The van der Waals surface area contributed by atoms with Crippen LogP contribution in [0.4, 0.5) is 0 Å². The monoisotopic (exact) mass is 285 g/mol. The van der Waals surface area contributed by atoms with Crippen molar-refractivity contribution in [3.05, 3.63) is 18.5 Å². The molecule has 4 atom stereocenters. The van der Waals surface area contributed by atoms with E-state index in [9.17, 15) is 8.42 Å². The van der Waals surface area contributed by atoms with Gasteiger partial charge in [0.15, 0.2) is 0 Å². The maximum atomic E-state index is 12.2. The largest absolute Gasteiger partial charge is 0.376 e. The molecule has 106 valence electrons. The molecule has 0 spiro atoms. The summed E-state index contributed by atoms with van der Waals surface area (Å²) in [6.45, 7) is 0.692. The smallest absolute Gasteiger partial charge is 0.242 e. The second kappa shape index (κ2) is 4.59. The van der Waals surface area contributed by atoms with Crippen LogP contribution in [0.2, 0.25) is 0 Å². The van der Waals surface area contributed by atoms with Gasteiger partial charge in [0.25, 0.3) is 0 Å². The van der Waals surface area contributed by atoms with E-state index >= 15 is 0 Å². The zero-order valence-corrected chi connectivity index (χ0v) is 11.6. The highest BCUT2D eigenvalue weighted by atomic mass is 32.2. The number of rotatable bonds is 3. The summed E-state index contributed by atoms with van der Waals surface area (Å²) >= 11 is 0. The summed E-state index contributed by atoms with van der Waals surface area (Å²) in [4.78, 5) is 0.265. The fraction of sp³-hybridized carbons (Fsp3) is 0.667. The van der Waals surface area contributed by atoms with Crippen LogP contribution >= 0.6 is 0 Å². The number of hydrogen-bond acceptors (Lipinski definition) is 4. The maximum Gasteiger partial charge on any atom is 0.242 e. The molecule has 1 aromatic rings. The van der Waals surface area contributed by atoms with Crippen molar-refractivity contribution in [2.24, 2.45) is 18.7 Å². The summed E-state index contributed by atoms with van der Waals surface area (Å²) in [7, 11) is -1.73. The van der Waals surface area contributed by atoms with Crippen LogP contribution < -0.4 is 10.5 Å². The predicted octanol–water partition coefficient (Wildman–Crippen LogP) is -0.192. The van der Waals surface area contributed by atoms with Crippen LogP contribution in [0.15, 0.2) is 23.4 Å². The second-order valence-corrected chi connectivity index (χ2v) is 7.09. The highest BCUT2D eigenvalue weighted by Gasteiger charge is 2.51. The molecule has 1 aliphatic heterocycles. The van der Waals surface area contributed by atoms with Gasteiger partial charge in [-0.3, -0.25) is 0 Å². The molecule has 4 unspecified atom stereocenters. The van der Waals surface area contributed by atoms with Crippen molar-refractivity contribution in [2.75, 3.05) is 6.61 Å². The lowest BCUT2D eigenvalue weighted by Crippen LogP contribution is -2.71. The van der Waals surface area contributed by atoms with Gasteiger partial charge < -0.3 is 15.0 Å². The van der Waals surface area contributed by atoms with E-state index in [0.717, 1.165) is 12.8 Å². The number of nitrogens with zero attached hydrogens (tertiary/aromatic N) is 1. The Hall–Kier alpha value is -0.890. The number of fused-ring (bicyclic) bond motifs is 1. The van der Waals surface area contributed by atoms with Crippen molar-refractivity contribution in [1.29, 1.82) is 0 Å². The van der Waals surface area contributed by atoms with Gasteiger partial charge >= 0.3 is 0 Å². The summed E-state index contributed by atoms with van der Waals surface area (Å²) in [5.41, 5.74) is 6.06. The molecule has 3 N–H and O–H groups in total. The minimum absolute atomic E-state index is 0.0674. The minimum atomic E-state index is -3.51.